The summed E-state index contributed by atoms with van der Waals surface area (Å²) < 4.78 is 0. The highest BCUT2D eigenvalue weighted by Gasteiger charge is 2.45. The number of amides is 1. The zero-order valence-corrected chi connectivity index (χ0v) is 20.6. The number of carbonyl (C=O) groups is 1. The van der Waals surface area contributed by atoms with E-state index in [0.717, 1.165) is 63.4 Å². The van der Waals surface area contributed by atoms with E-state index in [0.29, 0.717) is 17.5 Å². The Hall–Kier alpha value is -1.60. The summed E-state index contributed by atoms with van der Waals surface area (Å²) in [5, 5.41) is 4.11. The fourth-order valence-corrected chi connectivity index (χ4v) is 5.44. The lowest BCUT2D eigenvalue weighted by atomic mass is 9.78. The van der Waals surface area contributed by atoms with Crippen molar-refractivity contribution in [2.24, 2.45) is 0 Å². The van der Waals surface area contributed by atoms with Crippen molar-refractivity contribution in [3.8, 4) is 0 Å². The summed E-state index contributed by atoms with van der Waals surface area (Å²) in [7, 11) is 0. The van der Waals surface area contributed by atoms with E-state index in [1.807, 2.05) is 29.2 Å². The minimum absolute atomic E-state index is 0. The van der Waals surface area contributed by atoms with Crippen LogP contribution in [0.15, 0.2) is 30.6 Å². The van der Waals surface area contributed by atoms with Gasteiger partial charge in [-0.05, 0) is 49.4 Å². The molecule has 0 saturated carbocycles. The van der Waals surface area contributed by atoms with Gasteiger partial charge in [-0.3, -0.25) is 4.79 Å². The molecule has 9 heteroatoms. The second-order valence-electron chi connectivity index (χ2n) is 8.79. The molecule has 1 aromatic heterocycles. The number of anilines is 1. The maximum Gasteiger partial charge on any atom is 0.234 e. The molecule has 2 aromatic rings. The van der Waals surface area contributed by atoms with E-state index in [2.05, 4.69) is 27.1 Å². The minimum atomic E-state index is -0.489. The van der Waals surface area contributed by atoms with Crippen molar-refractivity contribution in [3.63, 3.8) is 0 Å². The van der Waals surface area contributed by atoms with Crippen molar-refractivity contribution in [3.05, 3.63) is 52.4 Å². The summed E-state index contributed by atoms with van der Waals surface area (Å²) in [6.45, 7) is 6.88. The molecular formula is C23H30Cl3N5O. The third kappa shape index (κ3) is 4.30. The van der Waals surface area contributed by atoms with Gasteiger partial charge in [0, 0.05) is 49.0 Å². The van der Waals surface area contributed by atoms with Gasteiger partial charge < -0.3 is 15.1 Å². The maximum atomic E-state index is 13.7. The smallest absolute Gasteiger partial charge is 0.234 e. The third-order valence-corrected chi connectivity index (χ3v) is 7.33. The first-order valence-electron chi connectivity index (χ1n) is 10.9. The maximum absolute atomic E-state index is 13.7. The van der Waals surface area contributed by atoms with E-state index in [4.69, 9.17) is 11.6 Å². The quantitative estimate of drug-likeness (QED) is 0.701. The number of halogens is 3. The molecule has 32 heavy (non-hydrogen) atoms. The summed E-state index contributed by atoms with van der Waals surface area (Å²) >= 11 is 6.09. The average molecular weight is 499 g/mol. The Morgan fingerprint density at radius 1 is 1.12 bits per heavy atom. The lowest BCUT2D eigenvalue weighted by Gasteiger charge is -2.40. The van der Waals surface area contributed by atoms with E-state index in [1.54, 1.807) is 6.33 Å². The van der Waals surface area contributed by atoms with Gasteiger partial charge in [0.25, 0.3) is 0 Å². The van der Waals surface area contributed by atoms with Crippen LogP contribution in [0.4, 0.5) is 5.82 Å². The number of piperazine rings is 1. The van der Waals surface area contributed by atoms with Crippen LogP contribution in [0.2, 0.25) is 5.02 Å². The number of fused-ring (bicyclic) bond motifs is 1. The molecule has 0 bridgehead atoms. The molecule has 3 heterocycles. The molecule has 174 valence electrons. The number of nitrogens with zero attached hydrogens (tertiary/aromatic N) is 4. The number of hydrogen-bond donors (Lipinski definition) is 1. The van der Waals surface area contributed by atoms with Crippen molar-refractivity contribution in [2.75, 3.05) is 44.2 Å². The zero-order chi connectivity index (χ0) is 20.7. The van der Waals surface area contributed by atoms with Gasteiger partial charge in [-0.1, -0.05) is 30.7 Å². The molecular weight excluding hydrogens is 469 g/mol. The second kappa shape index (κ2) is 10.1. The summed E-state index contributed by atoms with van der Waals surface area (Å²) in [6.07, 6.45) is 4.71. The average Bonchev–Trinajstić information content (AvgIpc) is 3.42. The standard InChI is InChI=1S/C23H28ClN5O.2ClH/c1-16-2-7-19-20(16)21(27-15-26-19)28-10-12-29(13-11-28)22(30)23(8-9-25-14-23)17-3-5-18(24)6-4-17;;/h3-6,15-16,25H,2,7-14H2,1H3;2*1H. The Morgan fingerprint density at radius 3 is 2.50 bits per heavy atom. The lowest BCUT2D eigenvalue weighted by Crippen LogP contribution is -2.55. The number of nitrogens with one attached hydrogen (secondary N) is 1. The van der Waals surface area contributed by atoms with Gasteiger partial charge in [-0.25, -0.2) is 9.97 Å². The molecule has 5 rings (SSSR count). The number of rotatable bonds is 3. The predicted molar refractivity (Wildman–Crippen MR) is 133 cm³/mol. The van der Waals surface area contributed by atoms with Crippen LogP contribution in [-0.2, 0) is 16.6 Å². The number of benzene rings is 1. The molecule has 2 aliphatic heterocycles. The van der Waals surface area contributed by atoms with Crippen LogP contribution in [0.1, 0.15) is 42.5 Å². The Bertz CT molecular complexity index is 941. The van der Waals surface area contributed by atoms with Crippen LogP contribution in [0, 0.1) is 0 Å². The van der Waals surface area contributed by atoms with Gasteiger partial charge in [0.05, 0.1) is 5.41 Å². The first kappa shape index (κ1) is 25.0. The minimum Gasteiger partial charge on any atom is -0.353 e. The summed E-state index contributed by atoms with van der Waals surface area (Å²) in [4.78, 5) is 27.2. The van der Waals surface area contributed by atoms with Crippen LogP contribution in [-0.4, -0.2) is 60.0 Å². The third-order valence-electron chi connectivity index (χ3n) is 7.08. The molecule has 1 aromatic carbocycles. The van der Waals surface area contributed by atoms with Crippen LogP contribution in [0.5, 0.6) is 0 Å². The molecule has 1 amide bonds. The van der Waals surface area contributed by atoms with Gasteiger partial charge in [-0.15, -0.1) is 24.8 Å². The normalized spacial score (nSPS) is 24.5. The zero-order valence-electron chi connectivity index (χ0n) is 18.2. The van der Waals surface area contributed by atoms with Gasteiger partial charge >= 0.3 is 0 Å². The highest BCUT2D eigenvalue weighted by atomic mass is 35.5. The summed E-state index contributed by atoms with van der Waals surface area (Å²) in [5.74, 6) is 1.82. The largest absolute Gasteiger partial charge is 0.353 e. The van der Waals surface area contributed by atoms with E-state index in [9.17, 15) is 4.79 Å². The van der Waals surface area contributed by atoms with Crippen molar-refractivity contribution in [2.45, 2.75) is 37.5 Å². The highest BCUT2D eigenvalue weighted by molar-refractivity contribution is 6.30. The number of hydrogen-bond acceptors (Lipinski definition) is 5. The van der Waals surface area contributed by atoms with E-state index in [1.165, 1.54) is 11.3 Å². The predicted octanol–water partition coefficient (Wildman–Crippen LogP) is 3.60. The molecule has 6 nitrogen and oxygen atoms in total. The first-order valence-corrected chi connectivity index (χ1v) is 11.3. The van der Waals surface area contributed by atoms with Gasteiger partial charge in [0.2, 0.25) is 5.91 Å². The molecule has 2 atom stereocenters. The molecule has 2 unspecified atom stereocenters. The van der Waals surface area contributed by atoms with Crippen molar-refractivity contribution < 1.29 is 4.79 Å². The van der Waals surface area contributed by atoms with Crippen LogP contribution < -0.4 is 10.2 Å². The van der Waals surface area contributed by atoms with Gasteiger partial charge in [0.15, 0.2) is 0 Å². The summed E-state index contributed by atoms with van der Waals surface area (Å²) in [5.41, 5.74) is 3.09. The molecule has 1 N–H and O–H groups in total. The fraction of sp³-hybridized carbons (Fsp3) is 0.522. The van der Waals surface area contributed by atoms with Crippen LogP contribution in [0.25, 0.3) is 0 Å². The van der Waals surface area contributed by atoms with Gasteiger partial charge in [-0.2, -0.15) is 0 Å². The number of aryl methyl sites for hydroxylation is 1. The van der Waals surface area contributed by atoms with Crippen molar-refractivity contribution in [1.82, 2.24) is 20.2 Å². The number of aromatic nitrogens is 2. The van der Waals surface area contributed by atoms with Crippen LogP contribution >= 0.6 is 36.4 Å². The van der Waals surface area contributed by atoms with Crippen molar-refractivity contribution >= 4 is 48.1 Å². The Labute approximate surface area is 206 Å². The first-order chi connectivity index (χ1) is 14.6. The van der Waals surface area contributed by atoms with E-state index < -0.39 is 5.41 Å². The highest BCUT2D eigenvalue weighted by Crippen LogP contribution is 2.38. The summed E-state index contributed by atoms with van der Waals surface area (Å²) in [6, 6.07) is 7.79. The Morgan fingerprint density at radius 2 is 1.84 bits per heavy atom. The van der Waals surface area contributed by atoms with E-state index in [-0.39, 0.29) is 30.7 Å². The Kier molecular flexibility index (Phi) is 7.92. The molecule has 0 radical (unpaired) electrons. The molecule has 2 saturated heterocycles. The topological polar surface area (TPSA) is 61.4 Å². The van der Waals surface area contributed by atoms with E-state index >= 15 is 0 Å². The fourth-order valence-electron chi connectivity index (χ4n) is 5.31. The SMILES string of the molecule is CC1CCc2ncnc(N3CCN(C(=O)C4(c5ccc(Cl)cc5)CCNC4)CC3)c21.Cl.Cl. The monoisotopic (exact) mass is 497 g/mol. The molecule has 0 spiro atoms. The lowest BCUT2D eigenvalue weighted by molar-refractivity contribution is -0.137. The van der Waals surface area contributed by atoms with Crippen molar-refractivity contribution in [1.29, 1.82) is 0 Å². The number of carbonyl (C=O) groups excluding carboxylic acids is 1. The van der Waals surface area contributed by atoms with Crippen LogP contribution in [0.3, 0.4) is 0 Å². The second-order valence-corrected chi connectivity index (χ2v) is 9.23. The Balaban J connectivity index is 0.00000144. The molecule has 1 aliphatic carbocycles. The molecule has 3 aliphatic rings. The van der Waals surface area contributed by atoms with Gasteiger partial charge in [0.1, 0.15) is 12.1 Å². The molecule has 2 fully saturated rings.